The van der Waals surface area contributed by atoms with Crippen LogP contribution in [-0.2, 0) is 12.8 Å². The van der Waals surface area contributed by atoms with Crippen LogP contribution in [0.25, 0.3) is 11.0 Å². The summed E-state index contributed by atoms with van der Waals surface area (Å²) in [5, 5.41) is 3.05. The van der Waals surface area contributed by atoms with Gasteiger partial charge in [-0.25, -0.2) is 4.98 Å². The number of carbonyl (C=O) groups is 1. The van der Waals surface area contributed by atoms with Gasteiger partial charge in [-0.2, -0.15) is 0 Å². The molecule has 4 rings (SSSR count). The van der Waals surface area contributed by atoms with E-state index in [9.17, 15) is 4.79 Å². The molecule has 0 fully saturated rings. The first-order chi connectivity index (χ1) is 11.7. The Morgan fingerprint density at radius 3 is 2.75 bits per heavy atom. The first-order valence-electron chi connectivity index (χ1n) is 8.58. The van der Waals surface area contributed by atoms with Crippen molar-refractivity contribution >= 4 is 16.9 Å². The maximum absolute atomic E-state index is 12.6. The molecule has 4 nitrogen and oxygen atoms in total. The van der Waals surface area contributed by atoms with Crippen molar-refractivity contribution in [1.82, 2.24) is 15.3 Å². The monoisotopic (exact) mass is 319 g/mol. The molecule has 1 aromatic heterocycles. The molecule has 0 unspecified atom stereocenters. The second-order valence-corrected chi connectivity index (χ2v) is 6.52. The fraction of sp³-hybridized carbons (Fsp3) is 0.300. The fourth-order valence-electron chi connectivity index (χ4n) is 3.40. The number of aromatic amines is 1. The molecule has 0 aliphatic heterocycles. The van der Waals surface area contributed by atoms with Crippen LogP contribution >= 0.6 is 0 Å². The van der Waals surface area contributed by atoms with Gasteiger partial charge in [-0.05, 0) is 68.0 Å². The quantitative estimate of drug-likeness (QED) is 0.768. The van der Waals surface area contributed by atoms with Gasteiger partial charge in [0.05, 0.1) is 17.1 Å². The molecule has 4 heteroatoms. The molecular weight excluding hydrogens is 298 g/mol. The summed E-state index contributed by atoms with van der Waals surface area (Å²) < 4.78 is 0. The van der Waals surface area contributed by atoms with Crippen LogP contribution in [0.15, 0.2) is 42.5 Å². The Morgan fingerprint density at radius 2 is 1.92 bits per heavy atom. The SMILES string of the molecule is C[C@H](NC(=O)c1ccc2c(c1)CCCC2)c1nc2ccccc2[nH]1. The first kappa shape index (κ1) is 14.9. The Bertz CT molecular complexity index is 864. The topological polar surface area (TPSA) is 57.8 Å². The Kier molecular flexibility index (Phi) is 3.81. The highest BCUT2D eigenvalue weighted by atomic mass is 16.1. The maximum Gasteiger partial charge on any atom is 0.251 e. The Balaban J connectivity index is 1.52. The minimum Gasteiger partial charge on any atom is -0.342 e. The number of aryl methyl sites for hydroxylation is 2. The molecule has 122 valence electrons. The molecule has 0 bridgehead atoms. The summed E-state index contributed by atoms with van der Waals surface area (Å²) in [5.41, 5.74) is 5.36. The average Bonchev–Trinajstić information content (AvgIpc) is 3.05. The van der Waals surface area contributed by atoms with E-state index in [4.69, 9.17) is 0 Å². The Morgan fingerprint density at radius 1 is 1.12 bits per heavy atom. The van der Waals surface area contributed by atoms with Gasteiger partial charge >= 0.3 is 0 Å². The van der Waals surface area contributed by atoms with Crippen LogP contribution in [0, 0.1) is 0 Å². The van der Waals surface area contributed by atoms with Crippen LogP contribution < -0.4 is 5.32 Å². The van der Waals surface area contributed by atoms with E-state index in [-0.39, 0.29) is 11.9 Å². The number of para-hydroxylation sites is 2. The van der Waals surface area contributed by atoms with Crippen molar-refractivity contribution in [3.63, 3.8) is 0 Å². The Hall–Kier alpha value is -2.62. The van der Waals surface area contributed by atoms with Crippen molar-refractivity contribution in [2.75, 3.05) is 0 Å². The summed E-state index contributed by atoms with van der Waals surface area (Å²) in [6.07, 6.45) is 4.68. The van der Waals surface area contributed by atoms with Crippen LogP contribution in [0.1, 0.15) is 53.1 Å². The van der Waals surface area contributed by atoms with Crippen LogP contribution in [0.3, 0.4) is 0 Å². The molecule has 1 atom stereocenters. The number of nitrogens with zero attached hydrogens (tertiary/aromatic N) is 1. The molecule has 1 aliphatic carbocycles. The smallest absolute Gasteiger partial charge is 0.251 e. The fourth-order valence-corrected chi connectivity index (χ4v) is 3.40. The summed E-state index contributed by atoms with van der Waals surface area (Å²) in [6.45, 7) is 1.95. The number of fused-ring (bicyclic) bond motifs is 2. The minimum absolute atomic E-state index is 0.0451. The number of aromatic nitrogens is 2. The van der Waals surface area contributed by atoms with Gasteiger partial charge in [-0.3, -0.25) is 4.79 Å². The lowest BCUT2D eigenvalue weighted by Crippen LogP contribution is -2.27. The molecule has 1 heterocycles. The number of hydrogen-bond acceptors (Lipinski definition) is 2. The van der Waals surface area contributed by atoms with Crippen LogP contribution in [0.4, 0.5) is 0 Å². The summed E-state index contributed by atoms with van der Waals surface area (Å²) in [7, 11) is 0. The van der Waals surface area contributed by atoms with Gasteiger partial charge in [0, 0.05) is 5.56 Å². The second kappa shape index (κ2) is 6.11. The third kappa shape index (κ3) is 2.80. The molecule has 0 saturated carbocycles. The highest BCUT2D eigenvalue weighted by Gasteiger charge is 2.17. The molecule has 0 saturated heterocycles. The van der Waals surface area contributed by atoms with Crippen LogP contribution in [0.2, 0.25) is 0 Å². The third-order valence-electron chi connectivity index (χ3n) is 4.78. The number of nitrogens with one attached hydrogen (secondary N) is 2. The zero-order valence-corrected chi connectivity index (χ0v) is 13.8. The van der Waals surface area contributed by atoms with E-state index in [0.29, 0.717) is 0 Å². The van der Waals surface area contributed by atoms with Crippen molar-refractivity contribution in [3.8, 4) is 0 Å². The summed E-state index contributed by atoms with van der Waals surface area (Å²) >= 11 is 0. The molecule has 1 amide bonds. The third-order valence-corrected chi connectivity index (χ3v) is 4.78. The van der Waals surface area contributed by atoms with Gasteiger partial charge in [0.25, 0.3) is 5.91 Å². The van der Waals surface area contributed by atoms with E-state index in [2.05, 4.69) is 27.4 Å². The van der Waals surface area contributed by atoms with Crippen LogP contribution in [-0.4, -0.2) is 15.9 Å². The predicted molar refractivity (Wildman–Crippen MR) is 95.1 cm³/mol. The molecule has 3 aromatic rings. The number of imidazole rings is 1. The summed E-state index contributed by atoms with van der Waals surface area (Å²) in [6, 6.07) is 13.8. The highest BCUT2D eigenvalue weighted by molar-refractivity contribution is 5.94. The highest BCUT2D eigenvalue weighted by Crippen LogP contribution is 2.23. The number of amides is 1. The van der Waals surface area contributed by atoms with E-state index < -0.39 is 0 Å². The van der Waals surface area contributed by atoms with E-state index in [0.717, 1.165) is 35.3 Å². The molecular formula is C20H21N3O. The summed E-state index contributed by atoms with van der Waals surface area (Å²) in [5.74, 6) is 0.735. The van der Waals surface area contributed by atoms with Crippen molar-refractivity contribution in [1.29, 1.82) is 0 Å². The van der Waals surface area contributed by atoms with Gasteiger partial charge in [-0.15, -0.1) is 0 Å². The number of H-pyrrole nitrogens is 1. The van der Waals surface area contributed by atoms with Crippen molar-refractivity contribution in [3.05, 3.63) is 65.0 Å². The average molecular weight is 319 g/mol. The lowest BCUT2D eigenvalue weighted by Gasteiger charge is -2.17. The first-order valence-corrected chi connectivity index (χ1v) is 8.58. The maximum atomic E-state index is 12.6. The van der Waals surface area contributed by atoms with Gasteiger partial charge in [-0.1, -0.05) is 18.2 Å². The molecule has 0 spiro atoms. The number of carbonyl (C=O) groups excluding carboxylic acids is 1. The van der Waals surface area contributed by atoms with Crippen molar-refractivity contribution in [2.45, 2.75) is 38.6 Å². The summed E-state index contributed by atoms with van der Waals surface area (Å²) in [4.78, 5) is 20.4. The van der Waals surface area contributed by atoms with Crippen molar-refractivity contribution < 1.29 is 4.79 Å². The zero-order chi connectivity index (χ0) is 16.5. The molecule has 2 N–H and O–H groups in total. The molecule has 0 radical (unpaired) electrons. The standard InChI is InChI=1S/C20H21N3O/c1-13(19-22-17-8-4-5-9-18(17)23-19)21-20(24)16-11-10-14-6-2-3-7-15(14)12-16/h4-5,8-13H,2-3,6-7H2,1H3,(H,21,24)(H,22,23)/t13-/m0/s1. The van der Waals surface area contributed by atoms with Gasteiger partial charge in [0.15, 0.2) is 0 Å². The van der Waals surface area contributed by atoms with E-state index in [1.54, 1.807) is 0 Å². The van der Waals surface area contributed by atoms with Crippen molar-refractivity contribution in [2.24, 2.45) is 0 Å². The van der Waals surface area contributed by atoms with Crippen LogP contribution in [0.5, 0.6) is 0 Å². The molecule has 1 aliphatic rings. The molecule has 2 aromatic carbocycles. The second-order valence-electron chi connectivity index (χ2n) is 6.52. The number of benzene rings is 2. The lowest BCUT2D eigenvalue weighted by atomic mass is 9.90. The Labute approximate surface area is 141 Å². The zero-order valence-electron chi connectivity index (χ0n) is 13.8. The normalized spacial score (nSPS) is 15.0. The molecule has 24 heavy (non-hydrogen) atoms. The van der Waals surface area contributed by atoms with E-state index in [1.807, 2.05) is 37.3 Å². The van der Waals surface area contributed by atoms with E-state index >= 15 is 0 Å². The lowest BCUT2D eigenvalue weighted by molar-refractivity contribution is 0.0938. The van der Waals surface area contributed by atoms with E-state index in [1.165, 1.54) is 24.0 Å². The van der Waals surface area contributed by atoms with Gasteiger partial charge < -0.3 is 10.3 Å². The van der Waals surface area contributed by atoms with Gasteiger partial charge in [0.2, 0.25) is 0 Å². The number of rotatable bonds is 3. The van der Waals surface area contributed by atoms with Gasteiger partial charge in [0.1, 0.15) is 5.82 Å². The minimum atomic E-state index is -0.166. The number of hydrogen-bond donors (Lipinski definition) is 2. The predicted octanol–water partition coefficient (Wildman–Crippen LogP) is 3.93. The largest absolute Gasteiger partial charge is 0.342 e.